The normalized spacial score (nSPS) is 22.2. The van der Waals surface area contributed by atoms with E-state index in [-0.39, 0.29) is 17.7 Å². The molecule has 2 aliphatic rings. The molecule has 0 radical (unpaired) electrons. The van der Waals surface area contributed by atoms with Crippen molar-refractivity contribution in [3.63, 3.8) is 0 Å². The molecule has 2 amide bonds. The van der Waals surface area contributed by atoms with Crippen molar-refractivity contribution in [2.45, 2.75) is 38.5 Å². The SMILES string of the molecule is O=C(CCCNC(=O)C1CC1)NCCC1CCNC1. The van der Waals surface area contributed by atoms with Gasteiger partial charge < -0.3 is 16.0 Å². The van der Waals surface area contributed by atoms with Crippen LogP contribution in [-0.2, 0) is 9.59 Å². The molecule has 1 unspecified atom stereocenters. The molecule has 1 saturated carbocycles. The first-order chi connectivity index (χ1) is 9.25. The molecule has 0 aromatic heterocycles. The summed E-state index contributed by atoms with van der Waals surface area (Å²) in [6, 6.07) is 0. The van der Waals surface area contributed by atoms with Crippen molar-refractivity contribution in [1.82, 2.24) is 16.0 Å². The minimum absolute atomic E-state index is 0.103. The lowest BCUT2D eigenvalue weighted by Gasteiger charge is -2.09. The van der Waals surface area contributed by atoms with Crippen LogP contribution < -0.4 is 16.0 Å². The van der Waals surface area contributed by atoms with E-state index in [0.717, 1.165) is 51.2 Å². The van der Waals surface area contributed by atoms with Crippen molar-refractivity contribution in [3.05, 3.63) is 0 Å². The van der Waals surface area contributed by atoms with E-state index in [1.807, 2.05) is 0 Å². The molecule has 0 aromatic rings. The number of carbonyl (C=O) groups excluding carboxylic acids is 2. The summed E-state index contributed by atoms with van der Waals surface area (Å²) >= 11 is 0. The molecular weight excluding hydrogens is 242 g/mol. The molecule has 5 heteroatoms. The van der Waals surface area contributed by atoms with E-state index < -0.39 is 0 Å². The Kier molecular flexibility index (Phi) is 5.63. The molecule has 2 rings (SSSR count). The average Bonchev–Trinajstić information content (AvgIpc) is 3.13. The average molecular weight is 267 g/mol. The van der Waals surface area contributed by atoms with Crippen LogP contribution in [0.2, 0.25) is 0 Å². The quantitative estimate of drug-likeness (QED) is 0.558. The lowest BCUT2D eigenvalue weighted by atomic mass is 10.1. The maximum Gasteiger partial charge on any atom is 0.223 e. The highest BCUT2D eigenvalue weighted by molar-refractivity contribution is 5.81. The molecule has 1 aliphatic heterocycles. The van der Waals surface area contributed by atoms with Gasteiger partial charge in [-0.1, -0.05) is 0 Å². The molecule has 0 aromatic carbocycles. The standard InChI is InChI=1S/C14H25N3O2/c18-13(16-9-6-11-5-8-15-10-11)2-1-7-17-14(19)12-3-4-12/h11-12,15H,1-10H2,(H,16,18)(H,17,19). The Hall–Kier alpha value is -1.10. The highest BCUT2D eigenvalue weighted by atomic mass is 16.2. The monoisotopic (exact) mass is 267 g/mol. The Morgan fingerprint density at radius 1 is 1.11 bits per heavy atom. The second-order valence-corrected chi connectivity index (χ2v) is 5.67. The lowest BCUT2D eigenvalue weighted by molar-refractivity contribution is -0.123. The second-order valence-electron chi connectivity index (χ2n) is 5.67. The van der Waals surface area contributed by atoms with Crippen LogP contribution in [0.15, 0.2) is 0 Å². The van der Waals surface area contributed by atoms with Crippen LogP contribution in [0, 0.1) is 11.8 Å². The van der Waals surface area contributed by atoms with Gasteiger partial charge in [0.25, 0.3) is 0 Å². The van der Waals surface area contributed by atoms with Crippen molar-refractivity contribution in [2.75, 3.05) is 26.2 Å². The van der Waals surface area contributed by atoms with Gasteiger partial charge in [-0.2, -0.15) is 0 Å². The van der Waals surface area contributed by atoms with Crippen molar-refractivity contribution >= 4 is 11.8 Å². The van der Waals surface area contributed by atoms with Gasteiger partial charge >= 0.3 is 0 Å². The van der Waals surface area contributed by atoms with Crippen molar-refractivity contribution < 1.29 is 9.59 Å². The van der Waals surface area contributed by atoms with E-state index >= 15 is 0 Å². The van der Waals surface area contributed by atoms with Crippen LogP contribution in [0.4, 0.5) is 0 Å². The summed E-state index contributed by atoms with van der Waals surface area (Å²) in [7, 11) is 0. The fourth-order valence-electron chi connectivity index (χ4n) is 2.42. The van der Waals surface area contributed by atoms with Gasteiger partial charge in [-0.05, 0) is 51.1 Å². The van der Waals surface area contributed by atoms with E-state index in [2.05, 4.69) is 16.0 Å². The number of nitrogens with one attached hydrogen (secondary N) is 3. The van der Waals surface area contributed by atoms with Gasteiger partial charge in [0.15, 0.2) is 0 Å². The highest BCUT2D eigenvalue weighted by Gasteiger charge is 2.28. The molecule has 1 atom stereocenters. The maximum atomic E-state index is 11.6. The van der Waals surface area contributed by atoms with E-state index in [4.69, 9.17) is 0 Å². The third-order valence-corrected chi connectivity index (χ3v) is 3.87. The zero-order valence-corrected chi connectivity index (χ0v) is 11.5. The zero-order chi connectivity index (χ0) is 13.5. The molecule has 108 valence electrons. The number of hydrogen-bond donors (Lipinski definition) is 3. The van der Waals surface area contributed by atoms with Gasteiger partial charge in [-0.15, -0.1) is 0 Å². The van der Waals surface area contributed by atoms with Gasteiger partial charge in [-0.3, -0.25) is 9.59 Å². The minimum Gasteiger partial charge on any atom is -0.356 e. The van der Waals surface area contributed by atoms with Crippen molar-refractivity contribution in [1.29, 1.82) is 0 Å². The molecule has 0 bridgehead atoms. The first-order valence-electron chi connectivity index (χ1n) is 7.51. The van der Waals surface area contributed by atoms with E-state index in [1.54, 1.807) is 0 Å². The van der Waals surface area contributed by atoms with E-state index in [9.17, 15) is 9.59 Å². The van der Waals surface area contributed by atoms with Crippen LogP contribution in [0.1, 0.15) is 38.5 Å². The summed E-state index contributed by atoms with van der Waals surface area (Å²) < 4.78 is 0. The topological polar surface area (TPSA) is 70.2 Å². The van der Waals surface area contributed by atoms with Crippen molar-refractivity contribution in [2.24, 2.45) is 11.8 Å². The molecule has 3 N–H and O–H groups in total. The second kappa shape index (κ2) is 7.48. The van der Waals surface area contributed by atoms with Gasteiger partial charge in [0, 0.05) is 25.4 Å². The molecule has 2 fully saturated rings. The number of carbonyl (C=O) groups is 2. The van der Waals surface area contributed by atoms with E-state index in [1.165, 1.54) is 6.42 Å². The Bertz CT molecular complexity index is 310. The Morgan fingerprint density at radius 3 is 2.63 bits per heavy atom. The van der Waals surface area contributed by atoms with Crippen LogP contribution >= 0.6 is 0 Å². The Labute approximate surface area is 114 Å². The number of hydrogen-bond acceptors (Lipinski definition) is 3. The summed E-state index contributed by atoms with van der Waals surface area (Å²) in [5.41, 5.74) is 0. The Balaban J connectivity index is 1.41. The third-order valence-electron chi connectivity index (χ3n) is 3.87. The van der Waals surface area contributed by atoms with Crippen molar-refractivity contribution in [3.8, 4) is 0 Å². The molecule has 1 aliphatic carbocycles. The smallest absolute Gasteiger partial charge is 0.223 e. The molecule has 5 nitrogen and oxygen atoms in total. The predicted octanol–water partition coefficient (Wildman–Crippen LogP) is 0.409. The molecule has 0 spiro atoms. The fraction of sp³-hybridized carbons (Fsp3) is 0.857. The highest BCUT2D eigenvalue weighted by Crippen LogP contribution is 2.28. The van der Waals surface area contributed by atoms with Crippen LogP contribution in [-0.4, -0.2) is 38.0 Å². The number of rotatable bonds is 8. The first-order valence-corrected chi connectivity index (χ1v) is 7.51. The largest absolute Gasteiger partial charge is 0.356 e. The molecule has 1 heterocycles. The predicted molar refractivity (Wildman–Crippen MR) is 73.6 cm³/mol. The molecule has 1 saturated heterocycles. The maximum absolute atomic E-state index is 11.6. The summed E-state index contributed by atoms with van der Waals surface area (Å²) in [6.45, 7) is 3.59. The van der Waals surface area contributed by atoms with Gasteiger partial charge in [0.1, 0.15) is 0 Å². The van der Waals surface area contributed by atoms with E-state index in [0.29, 0.717) is 13.0 Å². The van der Waals surface area contributed by atoms with Crippen LogP contribution in [0.5, 0.6) is 0 Å². The molecule has 19 heavy (non-hydrogen) atoms. The fourth-order valence-corrected chi connectivity index (χ4v) is 2.42. The van der Waals surface area contributed by atoms with Gasteiger partial charge in [0.2, 0.25) is 11.8 Å². The molecular formula is C14H25N3O2. The summed E-state index contributed by atoms with van der Waals surface area (Å²) in [6.07, 6.45) is 5.59. The zero-order valence-electron chi connectivity index (χ0n) is 11.5. The summed E-state index contributed by atoms with van der Waals surface area (Å²) in [5.74, 6) is 1.24. The Morgan fingerprint density at radius 2 is 1.95 bits per heavy atom. The van der Waals surface area contributed by atoms with Gasteiger partial charge in [0.05, 0.1) is 0 Å². The van der Waals surface area contributed by atoms with Gasteiger partial charge in [-0.25, -0.2) is 0 Å². The number of amides is 2. The van der Waals surface area contributed by atoms with Crippen LogP contribution in [0.3, 0.4) is 0 Å². The first kappa shape index (κ1) is 14.3. The summed E-state index contributed by atoms with van der Waals surface area (Å²) in [4.78, 5) is 22.9. The minimum atomic E-state index is 0.103. The summed E-state index contributed by atoms with van der Waals surface area (Å²) in [5, 5.41) is 9.15. The third kappa shape index (κ3) is 5.59. The lowest BCUT2D eigenvalue weighted by Crippen LogP contribution is -2.29. The van der Waals surface area contributed by atoms with Crippen LogP contribution in [0.25, 0.3) is 0 Å².